The van der Waals surface area contributed by atoms with Crippen molar-refractivity contribution in [3.63, 3.8) is 0 Å². The molecule has 0 aliphatic heterocycles. The monoisotopic (exact) mass is 460 g/mol. The number of esters is 1. The zero-order valence-electron chi connectivity index (χ0n) is 15.4. The summed E-state index contributed by atoms with van der Waals surface area (Å²) in [5.74, 6) is -1.12. The van der Waals surface area contributed by atoms with Crippen LogP contribution in [0.25, 0.3) is 0 Å². The Morgan fingerprint density at radius 1 is 1.07 bits per heavy atom. The van der Waals surface area contributed by atoms with E-state index in [0.717, 1.165) is 0 Å². The van der Waals surface area contributed by atoms with Gasteiger partial charge in [-0.1, -0.05) is 29.3 Å². The lowest BCUT2D eigenvalue weighted by atomic mass is 10.3. The molecule has 0 saturated heterocycles. The van der Waals surface area contributed by atoms with Crippen LogP contribution in [-0.2, 0) is 24.3 Å². The molecule has 0 heterocycles. The van der Waals surface area contributed by atoms with Gasteiger partial charge in [-0.3, -0.25) is 9.59 Å². The molecule has 0 aliphatic carbocycles. The summed E-state index contributed by atoms with van der Waals surface area (Å²) < 4.78 is 36.7. The highest BCUT2D eigenvalue weighted by Gasteiger charge is 2.24. The number of carbonyl (C=O) groups is 2. The molecule has 2 rings (SSSR count). The third-order valence-electron chi connectivity index (χ3n) is 3.63. The highest BCUT2D eigenvalue weighted by molar-refractivity contribution is 7.89. The molecule has 11 heteroatoms. The number of amides is 1. The van der Waals surface area contributed by atoms with Gasteiger partial charge in [-0.25, -0.2) is 8.42 Å². The lowest BCUT2D eigenvalue weighted by molar-refractivity contribution is -0.148. The average Bonchev–Trinajstić information content (AvgIpc) is 2.68. The highest BCUT2D eigenvalue weighted by atomic mass is 35.5. The van der Waals surface area contributed by atoms with Gasteiger partial charge >= 0.3 is 5.97 Å². The largest absolute Gasteiger partial charge is 0.497 e. The summed E-state index contributed by atoms with van der Waals surface area (Å²) in [5.41, 5.74) is 0.185. The SMILES string of the molecule is COc1ccc(S(=O)(=O)N[C@@H](C)C(=O)OCC(=O)Nc2c(Cl)cccc2Cl)cc1. The lowest BCUT2D eigenvalue weighted by Crippen LogP contribution is -2.40. The van der Waals surface area contributed by atoms with Gasteiger partial charge in [0, 0.05) is 0 Å². The van der Waals surface area contributed by atoms with Crippen LogP contribution in [0, 0.1) is 0 Å². The third-order valence-corrected chi connectivity index (χ3v) is 5.81. The van der Waals surface area contributed by atoms with Gasteiger partial charge in [-0.05, 0) is 43.3 Å². The van der Waals surface area contributed by atoms with E-state index in [1.165, 1.54) is 50.4 Å². The summed E-state index contributed by atoms with van der Waals surface area (Å²) in [7, 11) is -2.52. The van der Waals surface area contributed by atoms with Gasteiger partial charge in [-0.2, -0.15) is 4.72 Å². The number of sulfonamides is 1. The van der Waals surface area contributed by atoms with Crippen molar-refractivity contribution in [1.29, 1.82) is 0 Å². The molecule has 1 amide bonds. The summed E-state index contributed by atoms with van der Waals surface area (Å²) in [6.45, 7) is 0.654. The van der Waals surface area contributed by atoms with Gasteiger partial charge < -0.3 is 14.8 Å². The molecule has 156 valence electrons. The van der Waals surface area contributed by atoms with E-state index >= 15 is 0 Å². The predicted octanol–water partition coefficient (Wildman–Crippen LogP) is 2.85. The van der Waals surface area contributed by atoms with E-state index in [2.05, 4.69) is 10.0 Å². The van der Waals surface area contributed by atoms with Crippen LogP contribution in [0.15, 0.2) is 47.4 Å². The molecule has 0 fully saturated rings. The molecule has 0 unspecified atom stereocenters. The fourth-order valence-electron chi connectivity index (χ4n) is 2.16. The number of para-hydroxylation sites is 1. The molecular weight excluding hydrogens is 443 g/mol. The Morgan fingerprint density at radius 2 is 1.66 bits per heavy atom. The van der Waals surface area contributed by atoms with Crippen molar-refractivity contribution in [2.24, 2.45) is 0 Å². The zero-order valence-corrected chi connectivity index (χ0v) is 17.8. The number of anilines is 1. The highest BCUT2D eigenvalue weighted by Crippen LogP contribution is 2.29. The van der Waals surface area contributed by atoms with Crippen molar-refractivity contribution < 1.29 is 27.5 Å². The molecule has 29 heavy (non-hydrogen) atoms. The van der Waals surface area contributed by atoms with Gasteiger partial charge in [0.05, 0.1) is 27.7 Å². The number of carbonyl (C=O) groups excluding carboxylic acids is 2. The van der Waals surface area contributed by atoms with Crippen LogP contribution in [0.4, 0.5) is 5.69 Å². The van der Waals surface area contributed by atoms with Crippen molar-refractivity contribution in [2.45, 2.75) is 17.9 Å². The molecule has 0 spiro atoms. The first-order valence-corrected chi connectivity index (χ1v) is 10.4. The Balaban J connectivity index is 1.92. The van der Waals surface area contributed by atoms with Crippen LogP contribution in [0.3, 0.4) is 0 Å². The van der Waals surface area contributed by atoms with Gasteiger partial charge in [-0.15, -0.1) is 0 Å². The van der Waals surface area contributed by atoms with Crippen molar-refractivity contribution in [2.75, 3.05) is 19.0 Å². The first-order chi connectivity index (χ1) is 13.6. The summed E-state index contributed by atoms with van der Waals surface area (Å²) in [6.07, 6.45) is 0. The zero-order chi connectivity index (χ0) is 21.6. The first kappa shape index (κ1) is 23.0. The maximum absolute atomic E-state index is 12.3. The number of ether oxygens (including phenoxy) is 2. The first-order valence-electron chi connectivity index (χ1n) is 8.21. The van der Waals surface area contributed by atoms with Crippen molar-refractivity contribution in [3.05, 3.63) is 52.5 Å². The number of nitrogens with one attached hydrogen (secondary N) is 2. The van der Waals surface area contributed by atoms with Crippen molar-refractivity contribution >= 4 is 50.8 Å². The molecule has 2 aromatic carbocycles. The Morgan fingerprint density at radius 3 is 2.21 bits per heavy atom. The van der Waals surface area contributed by atoms with Crippen LogP contribution in [0.1, 0.15) is 6.92 Å². The lowest BCUT2D eigenvalue weighted by Gasteiger charge is -2.14. The molecule has 2 aromatic rings. The number of methoxy groups -OCH3 is 1. The maximum Gasteiger partial charge on any atom is 0.324 e. The number of hydrogen-bond acceptors (Lipinski definition) is 6. The third kappa shape index (κ3) is 6.33. The number of halogens is 2. The molecule has 0 aliphatic rings. The molecule has 1 atom stereocenters. The molecular formula is C18H18Cl2N2O6S. The summed E-state index contributed by atoms with van der Waals surface area (Å²) in [5, 5.41) is 2.87. The minimum absolute atomic E-state index is 0.0518. The number of hydrogen-bond donors (Lipinski definition) is 2. The number of benzene rings is 2. The van der Waals surface area contributed by atoms with E-state index in [-0.39, 0.29) is 20.6 Å². The summed E-state index contributed by atoms with van der Waals surface area (Å²) >= 11 is 11.9. The fourth-order valence-corrected chi connectivity index (χ4v) is 3.84. The fraction of sp³-hybridized carbons (Fsp3) is 0.222. The Bertz CT molecular complexity index is 976. The van der Waals surface area contributed by atoms with E-state index < -0.39 is 34.5 Å². The van der Waals surface area contributed by atoms with Crippen LogP contribution < -0.4 is 14.8 Å². The minimum atomic E-state index is -3.97. The van der Waals surface area contributed by atoms with E-state index in [4.69, 9.17) is 32.7 Å². The van der Waals surface area contributed by atoms with Gasteiger partial charge in [0.1, 0.15) is 11.8 Å². The smallest absolute Gasteiger partial charge is 0.324 e. The quantitative estimate of drug-likeness (QED) is 0.585. The summed E-state index contributed by atoms with van der Waals surface area (Å²) in [4.78, 5) is 23.9. The second-order valence-corrected chi connectivity index (χ2v) is 8.30. The maximum atomic E-state index is 12.3. The Labute approximate surface area is 178 Å². The average molecular weight is 461 g/mol. The number of rotatable bonds is 8. The minimum Gasteiger partial charge on any atom is -0.497 e. The van der Waals surface area contributed by atoms with Crippen LogP contribution in [0.2, 0.25) is 10.0 Å². The predicted molar refractivity (Wildman–Crippen MR) is 109 cm³/mol. The Kier molecular flexibility index (Phi) is 7.86. The van der Waals surface area contributed by atoms with Crippen molar-refractivity contribution in [1.82, 2.24) is 4.72 Å². The van der Waals surface area contributed by atoms with Gasteiger partial charge in [0.15, 0.2) is 6.61 Å². The van der Waals surface area contributed by atoms with E-state index in [9.17, 15) is 18.0 Å². The molecule has 0 radical (unpaired) electrons. The Hall–Kier alpha value is -2.33. The molecule has 0 bridgehead atoms. The van der Waals surface area contributed by atoms with E-state index in [1.54, 1.807) is 6.07 Å². The summed E-state index contributed by atoms with van der Waals surface area (Å²) in [6, 6.07) is 9.06. The topological polar surface area (TPSA) is 111 Å². The van der Waals surface area contributed by atoms with E-state index in [1.807, 2.05) is 0 Å². The molecule has 0 aromatic heterocycles. The normalized spacial score (nSPS) is 12.1. The molecule has 8 nitrogen and oxygen atoms in total. The van der Waals surface area contributed by atoms with Crippen LogP contribution >= 0.6 is 23.2 Å². The second-order valence-electron chi connectivity index (χ2n) is 5.77. The van der Waals surface area contributed by atoms with E-state index in [0.29, 0.717) is 5.75 Å². The molecule has 2 N–H and O–H groups in total. The standard InChI is InChI=1S/C18H18Cl2N2O6S/c1-11(22-29(25,26)13-8-6-12(27-2)7-9-13)18(24)28-10-16(23)21-17-14(19)4-3-5-15(17)20/h3-9,11,22H,10H2,1-2H3,(H,21,23)/t11-/m0/s1. The molecule has 0 saturated carbocycles. The van der Waals surface area contributed by atoms with Crippen LogP contribution in [0.5, 0.6) is 5.75 Å². The van der Waals surface area contributed by atoms with Gasteiger partial charge in [0.2, 0.25) is 10.0 Å². The van der Waals surface area contributed by atoms with Crippen LogP contribution in [-0.4, -0.2) is 40.1 Å². The van der Waals surface area contributed by atoms with Gasteiger partial charge in [0.25, 0.3) is 5.91 Å². The van der Waals surface area contributed by atoms with Crippen molar-refractivity contribution in [3.8, 4) is 5.75 Å². The second kappa shape index (κ2) is 9.93.